The Morgan fingerprint density at radius 1 is 0.667 bits per heavy atom. The van der Waals surface area contributed by atoms with Crippen LogP contribution in [0.4, 0.5) is 13.2 Å². The molecule has 0 spiro atoms. The molecule has 2 saturated carbocycles. The zero-order valence-electron chi connectivity index (χ0n) is 29.4. The molecule has 0 radical (unpaired) electrons. The number of hydrogen-bond acceptors (Lipinski definition) is 1. The fourth-order valence-electron chi connectivity index (χ4n) is 8.33. The molecule has 0 atom stereocenters. The highest BCUT2D eigenvalue weighted by molar-refractivity contribution is 5.71. The summed E-state index contributed by atoms with van der Waals surface area (Å²) in [7, 11) is 0. The molecule has 0 amide bonds. The zero-order chi connectivity index (χ0) is 33.7. The van der Waals surface area contributed by atoms with Gasteiger partial charge in [-0.15, -0.1) is 0 Å². The Morgan fingerprint density at radius 2 is 1.27 bits per heavy atom. The Labute approximate surface area is 288 Å². The lowest BCUT2D eigenvalue weighted by Gasteiger charge is -2.38. The van der Waals surface area contributed by atoms with E-state index in [9.17, 15) is 4.39 Å². The molecule has 0 heterocycles. The minimum Gasteiger partial charge on any atom is -0.490 e. The predicted molar refractivity (Wildman–Crippen MR) is 195 cm³/mol. The Morgan fingerprint density at radius 3 is 1.92 bits per heavy atom. The molecule has 48 heavy (non-hydrogen) atoms. The largest absolute Gasteiger partial charge is 0.490 e. The van der Waals surface area contributed by atoms with E-state index in [4.69, 9.17) is 4.74 Å². The lowest BCUT2D eigenvalue weighted by Crippen LogP contribution is -2.25. The third-order valence-electron chi connectivity index (χ3n) is 11.3. The first kappa shape index (κ1) is 36.3. The molecule has 0 aromatic heterocycles. The molecule has 3 aromatic rings. The molecule has 2 aliphatic rings. The van der Waals surface area contributed by atoms with Gasteiger partial charge in [-0.2, -0.15) is 4.39 Å². The number of unbranched alkanes of at least 4 members (excludes halogenated alkanes) is 6. The first-order valence-corrected chi connectivity index (χ1v) is 19.1. The van der Waals surface area contributed by atoms with Gasteiger partial charge in [0.05, 0.1) is 6.61 Å². The van der Waals surface area contributed by atoms with Gasteiger partial charge in [0.15, 0.2) is 11.6 Å². The van der Waals surface area contributed by atoms with Crippen LogP contribution in [0.2, 0.25) is 0 Å². The number of hydrogen-bond donors (Lipinski definition) is 0. The molecule has 0 aliphatic heterocycles. The molecule has 0 N–H and O–H groups in total. The van der Waals surface area contributed by atoms with Gasteiger partial charge in [0.1, 0.15) is 5.82 Å². The third kappa shape index (κ3) is 9.79. The van der Waals surface area contributed by atoms with Gasteiger partial charge < -0.3 is 4.74 Å². The lowest BCUT2D eigenvalue weighted by molar-refractivity contribution is 0.157. The van der Waals surface area contributed by atoms with E-state index in [1.54, 1.807) is 36.4 Å². The maximum Gasteiger partial charge on any atom is 0.201 e. The Balaban J connectivity index is 1.11. The molecule has 2 aliphatic carbocycles. The quantitative estimate of drug-likeness (QED) is 0.110. The molecule has 260 valence electrons. The number of ether oxygens (including phenoxy) is 1. The molecule has 2 fully saturated rings. The zero-order valence-corrected chi connectivity index (χ0v) is 29.4. The van der Waals surface area contributed by atoms with Gasteiger partial charge in [0.2, 0.25) is 5.82 Å². The van der Waals surface area contributed by atoms with Gasteiger partial charge in [0.25, 0.3) is 0 Å². The Bertz CT molecular complexity index is 1430. The summed E-state index contributed by atoms with van der Waals surface area (Å²) >= 11 is 0. The second-order valence-corrected chi connectivity index (χ2v) is 14.6. The van der Waals surface area contributed by atoms with Crippen LogP contribution >= 0.6 is 0 Å². The minimum atomic E-state index is -0.960. The van der Waals surface area contributed by atoms with Crippen LogP contribution in [0.1, 0.15) is 134 Å². The third-order valence-corrected chi connectivity index (χ3v) is 11.3. The predicted octanol–water partition coefficient (Wildman–Crippen LogP) is 14.0. The number of rotatable bonds is 16. The summed E-state index contributed by atoms with van der Waals surface area (Å²) in [4.78, 5) is 0. The van der Waals surface area contributed by atoms with Crippen LogP contribution in [0.5, 0.6) is 5.75 Å². The summed E-state index contributed by atoms with van der Waals surface area (Å²) in [5.74, 6) is 0.887. The summed E-state index contributed by atoms with van der Waals surface area (Å²) in [5.41, 5.74) is 3.08. The summed E-state index contributed by atoms with van der Waals surface area (Å²) in [5, 5.41) is 0. The van der Waals surface area contributed by atoms with Crippen LogP contribution in [0.25, 0.3) is 22.3 Å². The van der Waals surface area contributed by atoms with Crippen LogP contribution in [0, 0.1) is 35.2 Å². The van der Waals surface area contributed by atoms with E-state index in [1.807, 2.05) is 6.07 Å². The molecule has 0 saturated heterocycles. The highest BCUT2D eigenvalue weighted by atomic mass is 19.2. The number of benzene rings is 3. The fraction of sp³-hybridized carbons (Fsp3) is 0.545. The second-order valence-electron chi connectivity index (χ2n) is 14.6. The summed E-state index contributed by atoms with van der Waals surface area (Å²) < 4.78 is 51.0. The van der Waals surface area contributed by atoms with Crippen molar-refractivity contribution in [1.82, 2.24) is 0 Å². The van der Waals surface area contributed by atoms with E-state index < -0.39 is 11.6 Å². The van der Waals surface area contributed by atoms with Crippen LogP contribution in [-0.4, -0.2) is 6.61 Å². The van der Waals surface area contributed by atoms with Crippen molar-refractivity contribution in [3.8, 4) is 28.0 Å². The average Bonchev–Trinajstić information content (AvgIpc) is 3.12. The van der Waals surface area contributed by atoms with E-state index in [0.29, 0.717) is 23.7 Å². The van der Waals surface area contributed by atoms with Crippen LogP contribution < -0.4 is 4.74 Å². The van der Waals surface area contributed by atoms with Crippen LogP contribution in [-0.2, 0) is 0 Å². The van der Waals surface area contributed by atoms with E-state index in [-0.39, 0.29) is 17.1 Å². The van der Waals surface area contributed by atoms with Gasteiger partial charge in [-0.05, 0) is 123 Å². The lowest BCUT2D eigenvalue weighted by atomic mass is 9.68. The topological polar surface area (TPSA) is 9.23 Å². The van der Waals surface area contributed by atoms with Gasteiger partial charge in [-0.3, -0.25) is 0 Å². The maximum absolute atomic E-state index is 15.5. The summed E-state index contributed by atoms with van der Waals surface area (Å²) in [6.07, 6.45) is 25.3. The SMILES string of the molecule is CC=CCCC1CCC(C2CCC(c3ccc(-c4ccc(-c5ccc(OCCCCCCCCC)c(F)c5F)cc4)c(F)c3)CC2)CC1. The van der Waals surface area contributed by atoms with Gasteiger partial charge >= 0.3 is 0 Å². The Kier molecular flexibility index (Phi) is 14.1. The van der Waals surface area contributed by atoms with E-state index in [1.165, 1.54) is 83.1 Å². The molecule has 3 aromatic carbocycles. The van der Waals surface area contributed by atoms with Gasteiger partial charge in [-0.1, -0.05) is 107 Å². The van der Waals surface area contributed by atoms with Crippen molar-refractivity contribution >= 4 is 0 Å². The molecule has 4 heteroatoms. The minimum absolute atomic E-state index is 0.0483. The van der Waals surface area contributed by atoms with Crippen molar-refractivity contribution < 1.29 is 17.9 Å². The molecule has 0 bridgehead atoms. The average molecular weight is 659 g/mol. The standard InChI is InChI=1S/C44H57F3O/c1-3-5-7-8-9-10-12-30-48-42-29-28-40(43(46)44(42)47)37-24-22-36(23-25-37)39-27-26-38(31-41(39)45)35-20-18-34(19-21-35)33-16-14-32(15-17-33)13-11-6-4-2/h4,6,22-29,31-35H,3,5,7-21,30H2,1-2H3. The number of allylic oxidation sites excluding steroid dienone is 2. The monoisotopic (exact) mass is 658 g/mol. The fourth-order valence-corrected chi connectivity index (χ4v) is 8.33. The van der Waals surface area contributed by atoms with Crippen molar-refractivity contribution in [3.05, 3.63) is 89.8 Å². The van der Waals surface area contributed by atoms with Crippen molar-refractivity contribution in [3.63, 3.8) is 0 Å². The molecule has 5 rings (SSSR count). The molecule has 1 nitrogen and oxygen atoms in total. The van der Waals surface area contributed by atoms with E-state index in [2.05, 4.69) is 32.1 Å². The number of halogens is 3. The molecular weight excluding hydrogens is 601 g/mol. The van der Waals surface area contributed by atoms with Crippen molar-refractivity contribution in [2.24, 2.45) is 17.8 Å². The maximum atomic E-state index is 15.5. The van der Waals surface area contributed by atoms with E-state index >= 15 is 8.78 Å². The highest BCUT2D eigenvalue weighted by Crippen LogP contribution is 2.45. The smallest absolute Gasteiger partial charge is 0.201 e. The van der Waals surface area contributed by atoms with Gasteiger partial charge in [0, 0.05) is 11.1 Å². The van der Waals surface area contributed by atoms with Crippen molar-refractivity contribution in [2.75, 3.05) is 6.61 Å². The first-order chi connectivity index (χ1) is 23.5. The molecular formula is C44H57F3O. The summed E-state index contributed by atoms with van der Waals surface area (Å²) in [6.45, 7) is 4.69. The highest BCUT2D eigenvalue weighted by Gasteiger charge is 2.31. The van der Waals surface area contributed by atoms with Crippen molar-refractivity contribution in [1.29, 1.82) is 0 Å². The second kappa shape index (κ2) is 18.7. The van der Waals surface area contributed by atoms with E-state index in [0.717, 1.165) is 61.0 Å². The van der Waals surface area contributed by atoms with Gasteiger partial charge in [-0.25, -0.2) is 8.78 Å². The van der Waals surface area contributed by atoms with Crippen LogP contribution in [0.3, 0.4) is 0 Å². The summed E-state index contributed by atoms with van der Waals surface area (Å²) in [6, 6.07) is 15.8. The van der Waals surface area contributed by atoms with Crippen LogP contribution in [0.15, 0.2) is 66.7 Å². The Hall–Kier alpha value is -3.01. The first-order valence-electron chi connectivity index (χ1n) is 19.1. The van der Waals surface area contributed by atoms with Crippen molar-refractivity contribution in [2.45, 2.75) is 129 Å². The normalized spacial score (nSPS) is 21.5. The molecule has 0 unspecified atom stereocenters.